The summed E-state index contributed by atoms with van der Waals surface area (Å²) in [7, 11) is 3.52. The van der Waals surface area contributed by atoms with Gasteiger partial charge in [0.15, 0.2) is 0 Å². The van der Waals surface area contributed by atoms with Crippen molar-refractivity contribution in [2.75, 3.05) is 20.8 Å². The summed E-state index contributed by atoms with van der Waals surface area (Å²) in [4.78, 5) is 25.3. The fourth-order valence-corrected chi connectivity index (χ4v) is 7.88. The minimum absolute atomic E-state index is 0.0497. The average Bonchev–Trinajstić information content (AvgIpc) is 3.24. The fraction of sp³-hybridized carbons (Fsp3) is 0.607. The second kappa shape index (κ2) is 31.2. The van der Waals surface area contributed by atoms with Crippen LogP contribution < -0.4 is 0 Å². The van der Waals surface area contributed by atoms with Gasteiger partial charge in [0, 0.05) is 44.5 Å². The van der Waals surface area contributed by atoms with E-state index in [0.29, 0.717) is 37.5 Å². The van der Waals surface area contributed by atoms with Crippen LogP contribution in [0.3, 0.4) is 0 Å². The number of allylic oxidation sites excluding steroid dienone is 10. The van der Waals surface area contributed by atoms with E-state index < -0.39 is 18.7 Å². The molecule has 0 saturated carbocycles. The quantitative estimate of drug-likeness (QED) is 0.183. The van der Waals surface area contributed by atoms with Crippen molar-refractivity contribution in [1.82, 2.24) is 0 Å². The van der Waals surface area contributed by atoms with E-state index in [2.05, 4.69) is 105 Å². The van der Waals surface area contributed by atoms with Crippen LogP contribution in [0.25, 0.3) is 0 Å². The number of hydrogen-bond acceptors (Lipinski definition) is 8. The van der Waals surface area contributed by atoms with Gasteiger partial charge in [-0.1, -0.05) is 139 Å². The summed E-state index contributed by atoms with van der Waals surface area (Å²) in [5.74, 6) is 0.572. The molecule has 0 aromatic carbocycles. The van der Waals surface area contributed by atoms with Gasteiger partial charge in [-0.2, -0.15) is 0 Å². The summed E-state index contributed by atoms with van der Waals surface area (Å²) < 4.78 is 23.4. The lowest BCUT2D eigenvalue weighted by atomic mass is 9.87. The van der Waals surface area contributed by atoms with Gasteiger partial charge in [0.05, 0.1) is 30.5 Å². The minimum Gasteiger partial charge on any atom is -0.458 e. The predicted octanol–water partition coefficient (Wildman–Crippen LogP) is 12.8. The molecule has 8 nitrogen and oxygen atoms in total. The van der Waals surface area contributed by atoms with E-state index in [1.54, 1.807) is 32.4 Å². The lowest BCUT2D eigenvalue weighted by Gasteiger charge is -2.25. The van der Waals surface area contributed by atoms with Crippen LogP contribution in [0.1, 0.15) is 142 Å². The third-order valence-electron chi connectivity index (χ3n) is 12.4. The third kappa shape index (κ3) is 20.6. The lowest BCUT2D eigenvalue weighted by molar-refractivity contribution is -0.147. The van der Waals surface area contributed by atoms with E-state index in [0.717, 1.165) is 41.6 Å². The Morgan fingerprint density at radius 2 is 1.06 bits per heavy atom. The Morgan fingerprint density at radius 3 is 1.47 bits per heavy atom. The van der Waals surface area contributed by atoms with Gasteiger partial charge in [-0.05, 0) is 114 Å². The standard InChI is InChI=1S/C29H46O3.C27H42O5/c1-10-25-15-13-12-14-22(6)23(7)19-26(11-2)28(31-9)24(8)18-21(5)16-17-27(20(3)4)32-29(25)30;1-8-22-16-20(5)24(29)12-10-9-11-23(17-28)27(30)32-25(18(2)3)14-13-19(4)15-21(6)26(22)31-7/h12-13,15-16,18-20,22,26-28H,10-11,14,17H2,1-9H3;9-11,13,15-16,18,22,24-26,28-29H,8,12,14,17H2,1-7H3/b13-12+,21-16+,23-19-,24-18+,25-15+;10-9+,19-13+,20-16-,21-15+,23-11+/t22-,26+,27-,28+;22-,24+,25+,26-/m01/s1. The first-order chi connectivity index (χ1) is 30.3. The smallest absolute Gasteiger partial charge is 0.336 e. The Hall–Kier alpha value is -3.82. The molecule has 8 heteroatoms. The van der Waals surface area contributed by atoms with E-state index in [-0.39, 0.29) is 53.7 Å². The Bertz CT molecular complexity index is 1630. The van der Waals surface area contributed by atoms with Crippen molar-refractivity contribution in [3.63, 3.8) is 0 Å². The molecule has 0 spiro atoms. The first-order valence-electron chi connectivity index (χ1n) is 23.8. The molecule has 2 aliphatic rings. The zero-order chi connectivity index (χ0) is 48.5. The largest absolute Gasteiger partial charge is 0.458 e. The molecular formula is C56H88O8. The van der Waals surface area contributed by atoms with Crippen LogP contribution in [-0.2, 0) is 28.5 Å². The number of esters is 2. The second-order valence-corrected chi connectivity index (χ2v) is 18.4. The molecular weight excluding hydrogens is 801 g/mol. The van der Waals surface area contributed by atoms with Crippen LogP contribution in [-0.4, -0.2) is 73.5 Å². The molecule has 0 bridgehead atoms. The van der Waals surface area contributed by atoms with Crippen molar-refractivity contribution in [2.24, 2.45) is 29.6 Å². The highest BCUT2D eigenvalue weighted by atomic mass is 16.5. The Morgan fingerprint density at radius 1 is 0.641 bits per heavy atom. The van der Waals surface area contributed by atoms with Crippen LogP contribution in [0.5, 0.6) is 0 Å². The summed E-state index contributed by atoms with van der Waals surface area (Å²) in [6.45, 7) is 28.9. The van der Waals surface area contributed by atoms with E-state index in [9.17, 15) is 19.8 Å². The molecule has 8 atom stereocenters. The molecule has 64 heavy (non-hydrogen) atoms. The highest BCUT2D eigenvalue weighted by Gasteiger charge is 2.24. The van der Waals surface area contributed by atoms with Crippen LogP contribution >= 0.6 is 0 Å². The number of carbonyl (C=O) groups is 2. The topological polar surface area (TPSA) is 112 Å². The molecule has 360 valence electrons. The van der Waals surface area contributed by atoms with Crippen molar-refractivity contribution in [2.45, 2.75) is 172 Å². The number of carbonyl (C=O) groups excluding carboxylic acids is 2. The minimum atomic E-state index is -0.633. The maximum Gasteiger partial charge on any atom is 0.336 e. The maximum absolute atomic E-state index is 12.8. The van der Waals surface area contributed by atoms with Crippen molar-refractivity contribution in [3.8, 4) is 0 Å². The molecule has 2 N–H and O–H groups in total. The van der Waals surface area contributed by atoms with E-state index in [1.165, 1.54) is 16.7 Å². The molecule has 0 amide bonds. The molecule has 0 aromatic rings. The van der Waals surface area contributed by atoms with E-state index in [4.69, 9.17) is 18.9 Å². The summed E-state index contributed by atoms with van der Waals surface area (Å²) >= 11 is 0. The van der Waals surface area contributed by atoms with Crippen molar-refractivity contribution < 1.29 is 38.7 Å². The van der Waals surface area contributed by atoms with Gasteiger partial charge >= 0.3 is 11.9 Å². The molecule has 2 aliphatic heterocycles. The molecule has 0 fully saturated rings. The van der Waals surface area contributed by atoms with Crippen molar-refractivity contribution in [1.29, 1.82) is 0 Å². The number of aliphatic hydroxyl groups excluding tert-OH is 2. The van der Waals surface area contributed by atoms with Crippen LogP contribution in [0.2, 0.25) is 0 Å². The molecule has 0 aromatic heterocycles. The normalized spacial score (nSPS) is 34.5. The van der Waals surface area contributed by atoms with Gasteiger partial charge in [0.2, 0.25) is 0 Å². The Kier molecular flexibility index (Phi) is 28.3. The number of rotatable bonds is 8. The summed E-state index contributed by atoms with van der Waals surface area (Å²) in [6.07, 6.45) is 28.3. The number of aliphatic hydroxyl groups is 2. The fourth-order valence-electron chi connectivity index (χ4n) is 7.88. The molecule has 0 aliphatic carbocycles. The Labute approximate surface area is 389 Å². The van der Waals surface area contributed by atoms with Crippen LogP contribution in [0, 0.1) is 29.6 Å². The highest BCUT2D eigenvalue weighted by Crippen LogP contribution is 2.28. The van der Waals surface area contributed by atoms with Gasteiger partial charge in [-0.25, -0.2) is 9.59 Å². The monoisotopic (exact) mass is 889 g/mol. The van der Waals surface area contributed by atoms with Crippen LogP contribution in [0.4, 0.5) is 0 Å². The molecule has 0 saturated heterocycles. The van der Waals surface area contributed by atoms with E-state index >= 15 is 0 Å². The molecule has 2 rings (SSSR count). The molecule has 0 unspecified atom stereocenters. The second-order valence-electron chi connectivity index (χ2n) is 18.4. The highest BCUT2D eigenvalue weighted by molar-refractivity contribution is 5.89. The van der Waals surface area contributed by atoms with Gasteiger partial charge in [-0.3, -0.25) is 0 Å². The van der Waals surface area contributed by atoms with Gasteiger partial charge in [0.1, 0.15) is 12.2 Å². The molecule has 0 radical (unpaired) electrons. The molecule has 2 heterocycles. The van der Waals surface area contributed by atoms with Crippen molar-refractivity contribution in [3.05, 3.63) is 117 Å². The Balaban J connectivity index is 0.000000640. The first kappa shape index (κ1) is 58.2. The number of methoxy groups -OCH3 is 2. The predicted molar refractivity (Wildman–Crippen MR) is 267 cm³/mol. The zero-order valence-corrected chi connectivity index (χ0v) is 42.7. The zero-order valence-electron chi connectivity index (χ0n) is 42.7. The number of cyclic esters (lactones) is 2. The SMILES string of the molecule is CC/C1=C\C=C\C[C@H](C)/C(C)=C\[C@@H](CC)[C@H](OC)/C(C)=C/C(C)=C/C[C@@H](C(C)C)OC1=O.CC[C@@H]1/C=C(/C)[C@@H](O)C/C=C/C=C(\CO)C(=O)O[C@H](C(C)C)C/C=C(C)/C=C(\C)[C@H]1OC. The van der Waals surface area contributed by atoms with Gasteiger partial charge < -0.3 is 29.2 Å². The maximum atomic E-state index is 12.8. The number of hydrogen-bond donors (Lipinski definition) is 2. The summed E-state index contributed by atoms with van der Waals surface area (Å²) in [6, 6.07) is 0. The summed E-state index contributed by atoms with van der Waals surface area (Å²) in [5.41, 5.74) is 7.75. The number of ether oxygens (including phenoxy) is 4. The summed E-state index contributed by atoms with van der Waals surface area (Å²) in [5, 5.41) is 20.2. The van der Waals surface area contributed by atoms with E-state index in [1.807, 2.05) is 46.8 Å². The van der Waals surface area contributed by atoms with Crippen LogP contribution in [0.15, 0.2) is 117 Å². The van der Waals surface area contributed by atoms with Gasteiger partial charge in [-0.15, -0.1) is 0 Å². The third-order valence-corrected chi connectivity index (χ3v) is 12.4. The van der Waals surface area contributed by atoms with Gasteiger partial charge in [0.25, 0.3) is 0 Å². The average molecular weight is 889 g/mol. The lowest BCUT2D eigenvalue weighted by Crippen LogP contribution is -2.25. The first-order valence-corrected chi connectivity index (χ1v) is 23.8. The van der Waals surface area contributed by atoms with Crippen molar-refractivity contribution >= 4 is 11.9 Å².